The monoisotopic (exact) mass is 370 g/mol. The maximum atomic E-state index is 12.4. The van der Waals surface area contributed by atoms with Crippen molar-refractivity contribution in [2.24, 2.45) is 5.41 Å². The van der Waals surface area contributed by atoms with Crippen molar-refractivity contribution in [3.63, 3.8) is 0 Å². The van der Waals surface area contributed by atoms with E-state index in [1.54, 1.807) is 37.3 Å². The van der Waals surface area contributed by atoms with Crippen molar-refractivity contribution in [2.75, 3.05) is 25.1 Å². The highest BCUT2D eigenvalue weighted by atomic mass is 16.5. The summed E-state index contributed by atoms with van der Waals surface area (Å²) < 4.78 is 10.7. The van der Waals surface area contributed by atoms with Gasteiger partial charge in [-0.05, 0) is 57.0 Å². The van der Waals surface area contributed by atoms with Crippen LogP contribution in [-0.2, 0) is 4.74 Å². The van der Waals surface area contributed by atoms with Crippen molar-refractivity contribution < 1.29 is 18.7 Å². The molecule has 1 saturated carbocycles. The molecule has 3 rings (SSSR count). The minimum Gasteiger partial charge on any atom is -0.469 e. The number of ether oxygens (including phenoxy) is 1. The number of aryl methyl sites for hydroxylation is 1. The molecule has 1 heterocycles. The van der Waals surface area contributed by atoms with E-state index in [2.05, 4.69) is 10.6 Å². The lowest BCUT2D eigenvalue weighted by atomic mass is 9.69. The number of furan rings is 1. The van der Waals surface area contributed by atoms with Crippen LogP contribution in [0.4, 0.5) is 5.69 Å². The Hall–Kier alpha value is -2.60. The highest BCUT2D eigenvalue weighted by molar-refractivity contribution is 6.05. The van der Waals surface area contributed by atoms with E-state index in [1.807, 2.05) is 6.92 Å². The fraction of sp³-hybridized carbons (Fsp3) is 0.429. The van der Waals surface area contributed by atoms with Crippen molar-refractivity contribution in [3.8, 4) is 0 Å². The Morgan fingerprint density at radius 2 is 1.89 bits per heavy atom. The number of nitrogens with one attached hydrogen (secondary N) is 2. The zero-order valence-electron chi connectivity index (χ0n) is 15.8. The Balaban J connectivity index is 1.54. The van der Waals surface area contributed by atoms with E-state index in [9.17, 15) is 9.59 Å². The van der Waals surface area contributed by atoms with Gasteiger partial charge in [0, 0.05) is 29.8 Å². The molecule has 0 bridgehead atoms. The molecule has 144 valence electrons. The van der Waals surface area contributed by atoms with Gasteiger partial charge >= 0.3 is 0 Å². The van der Waals surface area contributed by atoms with E-state index in [-0.39, 0.29) is 17.2 Å². The van der Waals surface area contributed by atoms with Crippen LogP contribution < -0.4 is 10.6 Å². The lowest BCUT2D eigenvalue weighted by molar-refractivity contribution is -0.000182. The van der Waals surface area contributed by atoms with Gasteiger partial charge in [-0.3, -0.25) is 9.59 Å². The summed E-state index contributed by atoms with van der Waals surface area (Å²) in [5.41, 5.74) is 1.78. The summed E-state index contributed by atoms with van der Waals surface area (Å²) >= 11 is 0. The molecule has 1 aromatic carbocycles. The summed E-state index contributed by atoms with van der Waals surface area (Å²) in [6, 6.07) is 8.50. The number of amides is 2. The summed E-state index contributed by atoms with van der Waals surface area (Å²) in [4.78, 5) is 24.6. The number of hydrogen-bond acceptors (Lipinski definition) is 4. The Labute approximate surface area is 159 Å². The topological polar surface area (TPSA) is 80.6 Å². The van der Waals surface area contributed by atoms with Crippen LogP contribution in [0.3, 0.4) is 0 Å². The first-order valence-electron chi connectivity index (χ1n) is 9.34. The van der Waals surface area contributed by atoms with Crippen LogP contribution >= 0.6 is 0 Å². The van der Waals surface area contributed by atoms with Crippen LogP contribution in [0.1, 0.15) is 52.7 Å². The van der Waals surface area contributed by atoms with Crippen LogP contribution in [-0.4, -0.2) is 31.6 Å². The number of carbonyl (C=O) groups is 2. The molecule has 0 saturated heterocycles. The van der Waals surface area contributed by atoms with Gasteiger partial charge in [0.05, 0.1) is 18.4 Å². The van der Waals surface area contributed by atoms with Crippen molar-refractivity contribution in [3.05, 3.63) is 53.5 Å². The molecule has 1 fully saturated rings. The summed E-state index contributed by atoms with van der Waals surface area (Å²) in [5, 5.41) is 5.82. The number of rotatable bonds is 8. The van der Waals surface area contributed by atoms with Crippen LogP contribution in [0.5, 0.6) is 0 Å². The van der Waals surface area contributed by atoms with Crippen molar-refractivity contribution in [1.29, 1.82) is 0 Å². The molecule has 27 heavy (non-hydrogen) atoms. The van der Waals surface area contributed by atoms with Gasteiger partial charge in [-0.25, -0.2) is 0 Å². The molecule has 2 N–H and O–H groups in total. The fourth-order valence-electron chi connectivity index (χ4n) is 3.26. The Morgan fingerprint density at radius 3 is 2.44 bits per heavy atom. The second kappa shape index (κ2) is 8.39. The maximum absolute atomic E-state index is 12.4. The molecule has 0 spiro atoms. The summed E-state index contributed by atoms with van der Waals surface area (Å²) in [7, 11) is 0. The third-order valence-electron chi connectivity index (χ3n) is 5.16. The summed E-state index contributed by atoms with van der Waals surface area (Å²) in [6.07, 6.45) is 4.85. The van der Waals surface area contributed by atoms with Gasteiger partial charge in [0.15, 0.2) is 0 Å². The molecule has 2 amide bonds. The normalized spacial score (nSPS) is 15.0. The van der Waals surface area contributed by atoms with Crippen LogP contribution in [0.15, 0.2) is 41.0 Å². The quantitative estimate of drug-likeness (QED) is 0.741. The van der Waals surface area contributed by atoms with Gasteiger partial charge in [-0.1, -0.05) is 6.42 Å². The zero-order valence-corrected chi connectivity index (χ0v) is 15.8. The van der Waals surface area contributed by atoms with E-state index in [0.29, 0.717) is 42.3 Å². The Morgan fingerprint density at radius 1 is 1.15 bits per heavy atom. The van der Waals surface area contributed by atoms with Gasteiger partial charge in [-0.15, -0.1) is 0 Å². The Bertz CT molecular complexity index is 791. The molecule has 1 aromatic heterocycles. The summed E-state index contributed by atoms with van der Waals surface area (Å²) in [6.45, 7) is 5.75. The van der Waals surface area contributed by atoms with Gasteiger partial charge < -0.3 is 19.8 Å². The molecule has 0 atom stereocenters. The number of anilines is 1. The molecule has 0 aliphatic heterocycles. The molecule has 0 radical (unpaired) electrons. The first-order chi connectivity index (χ1) is 13.0. The van der Waals surface area contributed by atoms with Gasteiger partial charge in [0.1, 0.15) is 5.76 Å². The van der Waals surface area contributed by atoms with Gasteiger partial charge in [0.2, 0.25) is 0 Å². The third-order valence-corrected chi connectivity index (χ3v) is 5.16. The standard InChI is InChI=1S/C21H26N2O4/c1-3-26-14-21(10-4-11-21)13-22-19(24)16-5-7-17(8-6-16)23-20(25)18-9-12-27-15(18)2/h5-9,12H,3-4,10-11,13-14H2,1-2H3,(H,22,24)(H,23,25). The molecular weight excluding hydrogens is 344 g/mol. The molecule has 0 unspecified atom stereocenters. The van der Waals surface area contributed by atoms with Crippen LogP contribution in [0.25, 0.3) is 0 Å². The largest absolute Gasteiger partial charge is 0.469 e. The SMILES string of the molecule is CCOCC1(CNC(=O)c2ccc(NC(=O)c3ccoc3C)cc2)CCC1. The van der Waals surface area contributed by atoms with Crippen molar-refractivity contribution in [1.82, 2.24) is 5.32 Å². The molecule has 6 nitrogen and oxygen atoms in total. The smallest absolute Gasteiger partial charge is 0.259 e. The highest BCUT2D eigenvalue weighted by Gasteiger charge is 2.37. The Kier molecular flexibility index (Phi) is 5.96. The van der Waals surface area contributed by atoms with E-state index < -0.39 is 0 Å². The van der Waals surface area contributed by atoms with Crippen molar-refractivity contribution >= 4 is 17.5 Å². The lowest BCUT2D eigenvalue weighted by Crippen LogP contribution is -2.45. The van der Waals surface area contributed by atoms with Gasteiger partial charge in [0.25, 0.3) is 11.8 Å². The first kappa shape index (κ1) is 19.2. The van der Waals surface area contributed by atoms with E-state index >= 15 is 0 Å². The summed E-state index contributed by atoms with van der Waals surface area (Å²) in [5.74, 6) is 0.225. The second-order valence-corrected chi connectivity index (χ2v) is 7.10. The second-order valence-electron chi connectivity index (χ2n) is 7.10. The van der Waals surface area contributed by atoms with E-state index in [1.165, 1.54) is 12.7 Å². The van der Waals surface area contributed by atoms with E-state index in [4.69, 9.17) is 9.15 Å². The molecule has 1 aliphatic rings. The molecular formula is C21H26N2O4. The fourth-order valence-corrected chi connectivity index (χ4v) is 3.26. The number of carbonyl (C=O) groups excluding carboxylic acids is 2. The molecule has 2 aromatic rings. The van der Waals surface area contributed by atoms with Crippen LogP contribution in [0.2, 0.25) is 0 Å². The predicted molar refractivity (Wildman–Crippen MR) is 103 cm³/mol. The zero-order chi connectivity index (χ0) is 19.3. The highest BCUT2D eigenvalue weighted by Crippen LogP contribution is 2.40. The third kappa shape index (κ3) is 4.57. The molecule has 6 heteroatoms. The van der Waals surface area contributed by atoms with Crippen LogP contribution in [0, 0.1) is 12.3 Å². The predicted octanol–water partition coefficient (Wildman–Crippen LogP) is 3.78. The van der Waals surface area contributed by atoms with Gasteiger partial charge in [-0.2, -0.15) is 0 Å². The lowest BCUT2D eigenvalue weighted by Gasteiger charge is -2.41. The average Bonchev–Trinajstić information content (AvgIpc) is 3.07. The van der Waals surface area contributed by atoms with Crippen molar-refractivity contribution in [2.45, 2.75) is 33.1 Å². The minimum atomic E-state index is -0.235. The maximum Gasteiger partial charge on any atom is 0.259 e. The molecule has 1 aliphatic carbocycles. The number of hydrogen-bond donors (Lipinski definition) is 2. The minimum absolute atomic E-state index is 0.0854. The number of benzene rings is 1. The average molecular weight is 370 g/mol. The van der Waals surface area contributed by atoms with E-state index in [0.717, 1.165) is 12.8 Å². The first-order valence-corrected chi connectivity index (χ1v) is 9.34.